The summed E-state index contributed by atoms with van der Waals surface area (Å²) < 4.78 is 0. The van der Waals surface area contributed by atoms with Gasteiger partial charge in [0.25, 0.3) is 5.91 Å². The van der Waals surface area contributed by atoms with Crippen molar-refractivity contribution < 1.29 is 4.79 Å². The minimum Gasteiger partial charge on any atom is -0.368 e. The van der Waals surface area contributed by atoms with Gasteiger partial charge in [-0.15, -0.1) is 0 Å². The molecule has 0 radical (unpaired) electrons. The molecule has 1 saturated heterocycles. The van der Waals surface area contributed by atoms with Crippen LogP contribution in [0.2, 0.25) is 5.02 Å². The quantitative estimate of drug-likeness (QED) is 0.804. The Morgan fingerprint density at radius 1 is 1.04 bits per heavy atom. The van der Waals surface area contributed by atoms with E-state index in [0.29, 0.717) is 18.8 Å². The summed E-state index contributed by atoms with van der Waals surface area (Å²) in [6.45, 7) is 8.99. The van der Waals surface area contributed by atoms with Crippen molar-refractivity contribution in [2.24, 2.45) is 0 Å². The molecule has 1 aromatic carbocycles. The van der Waals surface area contributed by atoms with Gasteiger partial charge in [-0.05, 0) is 44.2 Å². The summed E-state index contributed by atoms with van der Waals surface area (Å²) >= 11 is 6.11. The first kappa shape index (κ1) is 18.5. The van der Waals surface area contributed by atoms with Gasteiger partial charge in [-0.25, -0.2) is 0 Å². The summed E-state index contributed by atoms with van der Waals surface area (Å²) in [5.41, 5.74) is 2.73. The number of carbonyl (C=O) groups is 1. The zero-order valence-corrected chi connectivity index (χ0v) is 16.1. The maximum absolute atomic E-state index is 12.5. The highest BCUT2D eigenvalue weighted by Crippen LogP contribution is 2.23. The maximum Gasteiger partial charge on any atom is 0.272 e. The number of aromatic nitrogens is 1. The van der Waals surface area contributed by atoms with Crippen molar-refractivity contribution in [3.8, 4) is 0 Å². The smallest absolute Gasteiger partial charge is 0.272 e. The Hall–Kier alpha value is -2.27. The van der Waals surface area contributed by atoms with Crippen LogP contribution in [0.1, 0.15) is 24.3 Å². The van der Waals surface area contributed by atoms with Gasteiger partial charge in [0.15, 0.2) is 0 Å². The molecular weight excluding hydrogens is 348 g/mol. The normalized spacial score (nSPS) is 14.4. The van der Waals surface area contributed by atoms with Gasteiger partial charge in [0.1, 0.15) is 5.69 Å². The fourth-order valence-electron chi connectivity index (χ4n) is 3.30. The topological polar surface area (TPSA) is 39.7 Å². The second kappa shape index (κ2) is 8.41. The van der Waals surface area contributed by atoms with E-state index in [0.717, 1.165) is 42.6 Å². The molecule has 0 bridgehead atoms. The predicted octanol–water partition coefficient (Wildman–Crippen LogP) is 3.54. The molecule has 0 spiro atoms. The second-order valence-electron chi connectivity index (χ2n) is 6.33. The van der Waals surface area contributed by atoms with Crippen molar-refractivity contribution >= 4 is 28.9 Å². The van der Waals surface area contributed by atoms with Crippen LogP contribution < -0.4 is 9.80 Å². The molecule has 0 N–H and O–H groups in total. The van der Waals surface area contributed by atoms with Crippen LogP contribution in [-0.4, -0.2) is 55.1 Å². The van der Waals surface area contributed by atoms with Crippen LogP contribution in [0.5, 0.6) is 0 Å². The Morgan fingerprint density at radius 2 is 1.65 bits per heavy atom. The highest BCUT2D eigenvalue weighted by molar-refractivity contribution is 6.30. The van der Waals surface area contributed by atoms with Crippen molar-refractivity contribution in [3.05, 3.63) is 53.3 Å². The SMILES string of the molecule is CCN(CC)C(=O)c1cc(N2CCN(c3cccc(Cl)c3)CC2)ccn1. The summed E-state index contributed by atoms with van der Waals surface area (Å²) in [5, 5.41) is 0.763. The second-order valence-corrected chi connectivity index (χ2v) is 6.77. The van der Waals surface area contributed by atoms with Crippen molar-refractivity contribution in [1.82, 2.24) is 9.88 Å². The zero-order chi connectivity index (χ0) is 18.5. The number of anilines is 2. The molecule has 1 amide bonds. The Labute approximate surface area is 160 Å². The number of halogens is 1. The molecule has 6 heteroatoms. The number of rotatable bonds is 5. The van der Waals surface area contributed by atoms with Crippen LogP contribution in [-0.2, 0) is 0 Å². The number of amides is 1. The van der Waals surface area contributed by atoms with Crippen LogP contribution in [0, 0.1) is 0 Å². The number of hydrogen-bond acceptors (Lipinski definition) is 4. The van der Waals surface area contributed by atoms with Gasteiger partial charge in [-0.1, -0.05) is 17.7 Å². The Bertz CT molecular complexity index is 755. The standard InChI is InChI=1S/C20H25ClN4O/c1-3-23(4-2)20(26)19-15-18(8-9-22-19)25-12-10-24(11-13-25)17-7-5-6-16(21)14-17/h5-9,14-15H,3-4,10-13H2,1-2H3. The Kier molecular flexibility index (Phi) is 5.99. The number of benzene rings is 1. The third kappa shape index (κ3) is 4.10. The van der Waals surface area contributed by atoms with E-state index in [2.05, 4.69) is 20.9 Å². The molecule has 1 aliphatic rings. The lowest BCUT2D eigenvalue weighted by atomic mass is 10.2. The van der Waals surface area contributed by atoms with Gasteiger partial charge in [-0.2, -0.15) is 0 Å². The molecule has 1 fully saturated rings. The number of nitrogens with zero attached hydrogens (tertiary/aromatic N) is 4. The molecular formula is C20H25ClN4O. The summed E-state index contributed by atoms with van der Waals surface area (Å²) in [4.78, 5) is 23.3. The lowest BCUT2D eigenvalue weighted by Gasteiger charge is -2.37. The van der Waals surface area contributed by atoms with Gasteiger partial charge >= 0.3 is 0 Å². The Morgan fingerprint density at radius 3 is 2.23 bits per heavy atom. The third-order valence-electron chi connectivity index (χ3n) is 4.83. The number of piperazine rings is 1. The van der Waals surface area contributed by atoms with Gasteiger partial charge < -0.3 is 14.7 Å². The van der Waals surface area contributed by atoms with Gasteiger partial charge in [-0.3, -0.25) is 9.78 Å². The minimum atomic E-state index is -0.00517. The van der Waals surface area contributed by atoms with E-state index in [1.807, 2.05) is 44.2 Å². The monoisotopic (exact) mass is 372 g/mol. The highest BCUT2D eigenvalue weighted by Gasteiger charge is 2.20. The summed E-state index contributed by atoms with van der Waals surface area (Å²) in [7, 11) is 0. The van der Waals surface area contributed by atoms with Crippen LogP contribution in [0.4, 0.5) is 11.4 Å². The van der Waals surface area contributed by atoms with Crippen LogP contribution in [0.15, 0.2) is 42.6 Å². The zero-order valence-electron chi connectivity index (χ0n) is 15.4. The van der Waals surface area contributed by atoms with E-state index in [1.54, 1.807) is 11.1 Å². The largest absolute Gasteiger partial charge is 0.368 e. The molecule has 2 heterocycles. The maximum atomic E-state index is 12.5. The molecule has 2 aromatic rings. The van der Waals surface area contributed by atoms with Crippen LogP contribution in [0.3, 0.4) is 0 Å². The number of hydrogen-bond donors (Lipinski definition) is 0. The molecule has 0 unspecified atom stereocenters. The van der Waals surface area contributed by atoms with Crippen molar-refractivity contribution in [2.75, 3.05) is 49.1 Å². The number of carbonyl (C=O) groups excluding carboxylic acids is 1. The van der Waals surface area contributed by atoms with Crippen LogP contribution in [0.25, 0.3) is 0 Å². The van der Waals surface area contributed by atoms with Gasteiger partial charge in [0.2, 0.25) is 0 Å². The highest BCUT2D eigenvalue weighted by atomic mass is 35.5. The van der Waals surface area contributed by atoms with E-state index in [4.69, 9.17) is 11.6 Å². The first-order valence-electron chi connectivity index (χ1n) is 9.13. The van der Waals surface area contributed by atoms with E-state index in [1.165, 1.54) is 0 Å². The molecule has 1 aromatic heterocycles. The van der Waals surface area contributed by atoms with Gasteiger partial charge in [0.05, 0.1) is 0 Å². The summed E-state index contributed by atoms with van der Waals surface area (Å²) in [6.07, 6.45) is 1.73. The third-order valence-corrected chi connectivity index (χ3v) is 5.07. The number of pyridine rings is 1. The van der Waals surface area contributed by atoms with E-state index in [-0.39, 0.29) is 5.91 Å². The average Bonchev–Trinajstić information content (AvgIpc) is 2.69. The van der Waals surface area contributed by atoms with Crippen molar-refractivity contribution in [3.63, 3.8) is 0 Å². The lowest BCUT2D eigenvalue weighted by molar-refractivity contribution is 0.0767. The van der Waals surface area contributed by atoms with E-state index in [9.17, 15) is 4.79 Å². The molecule has 0 saturated carbocycles. The van der Waals surface area contributed by atoms with Crippen molar-refractivity contribution in [2.45, 2.75) is 13.8 Å². The van der Waals surface area contributed by atoms with Gasteiger partial charge in [0, 0.05) is 61.9 Å². The molecule has 0 aliphatic carbocycles. The molecule has 3 rings (SSSR count). The summed E-state index contributed by atoms with van der Waals surface area (Å²) in [5.74, 6) is -0.00517. The first-order valence-corrected chi connectivity index (χ1v) is 9.51. The van der Waals surface area contributed by atoms with Crippen LogP contribution >= 0.6 is 11.6 Å². The van der Waals surface area contributed by atoms with Crippen molar-refractivity contribution in [1.29, 1.82) is 0 Å². The minimum absolute atomic E-state index is 0.00517. The first-order chi connectivity index (χ1) is 12.6. The Balaban J connectivity index is 1.68. The molecule has 26 heavy (non-hydrogen) atoms. The van der Waals surface area contributed by atoms with E-state index >= 15 is 0 Å². The molecule has 0 atom stereocenters. The van der Waals surface area contributed by atoms with E-state index < -0.39 is 0 Å². The lowest BCUT2D eigenvalue weighted by Crippen LogP contribution is -2.46. The average molecular weight is 373 g/mol. The predicted molar refractivity (Wildman–Crippen MR) is 107 cm³/mol. The fourth-order valence-corrected chi connectivity index (χ4v) is 3.49. The molecule has 138 valence electrons. The summed E-state index contributed by atoms with van der Waals surface area (Å²) in [6, 6.07) is 11.9. The molecule has 1 aliphatic heterocycles. The molecule has 5 nitrogen and oxygen atoms in total. The fraction of sp³-hybridized carbons (Fsp3) is 0.400.